The number of hydrogen-bond donors (Lipinski definition) is 0. The summed E-state index contributed by atoms with van der Waals surface area (Å²) in [5.41, 5.74) is 3.22. The number of aromatic nitrogens is 1. The first-order chi connectivity index (χ1) is 9.58. The second-order valence-corrected chi connectivity index (χ2v) is 5.72. The number of Topliss-reactive ketones (excluding diaryl/α,β-unsaturated/α-hetero) is 1. The smallest absolute Gasteiger partial charge is 0.196 e. The van der Waals surface area contributed by atoms with E-state index in [2.05, 4.69) is 30.0 Å². The van der Waals surface area contributed by atoms with Gasteiger partial charge in [0, 0.05) is 24.5 Å². The van der Waals surface area contributed by atoms with E-state index in [0.29, 0.717) is 0 Å². The van der Waals surface area contributed by atoms with Crippen molar-refractivity contribution in [2.75, 3.05) is 13.6 Å². The van der Waals surface area contributed by atoms with Crippen molar-refractivity contribution >= 4 is 16.7 Å². The highest BCUT2D eigenvalue weighted by Crippen LogP contribution is 2.24. The number of benzene rings is 1. The van der Waals surface area contributed by atoms with E-state index < -0.39 is 0 Å². The highest BCUT2D eigenvalue weighted by molar-refractivity contribution is 6.03. The largest absolute Gasteiger partial charge is 0.341 e. The van der Waals surface area contributed by atoms with E-state index in [1.807, 2.05) is 36.9 Å². The average molecular weight is 268 g/mol. The molecule has 1 aromatic carbocycles. The third kappa shape index (κ3) is 2.08. The number of para-hydroxylation sites is 1. The van der Waals surface area contributed by atoms with E-state index in [4.69, 9.17) is 0 Å². The molecular weight excluding hydrogens is 248 g/mol. The summed E-state index contributed by atoms with van der Waals surface area (Å²) in [7, 11) is 4.00. The fourth-order valence-corrected chi connectivity index (χ4v) is 2.96. The van der Waals surface area contributed by atoms with Gasteiger partial charge in [0.15, 0.2) is 5.78 Å². The summed E-state index contributed by atoms with van der Waals surface area (Å²) in [5, 5.41) is 1.13. The normalized spacial score (nSPS) is 20.1. The van der Waals surface area contributed by atoms with Crippen molar-refractivity contribution in [3.63, 3.8) is 0 Å². The molecule has 0 N–H and O–H groups in total. The van der Waals surface area contributed by atoms with E-state index in [1.54, 1.807) is 0 Å². The number of aryl methyl sites for hydroxylation is 1. The minimum absolute atomic E-state index is 0.0389. The van der Waals surface area contributed by atoms with Gasteiger partial charge in [0.25, 0.3) is 0 Å². The Kier molecular flexibility index (Phi) is 3.22. The molecule has 0 bridgehead atoms. The van der Waals surface area contributed by atoms with Gasteiger partial charge in [0.05, 0.1) is 11.7 Å². The molecule has 0 radical (unpaired) electrons. The van der Waals surface area contributed by atoms with Gasteiger partial charge in [-0.05, 0) is 32.5 Å². The summed E-state index contributed by atoms with van der Waals surface area (Å²) in [6.07, 6.45) is 3.03. The molecule has 3 rings (SSSR count). The lowest BCUT2D eigenvalue weighted by Gasteiger charge is -2.30. The lowest BCUT2D eigenvalue weighted by Crippen LogP contribution is -2.41. The molecule has 0 saturated carbocycles. The van der Waals surface area contributed by atoms with Crippen LogP contribution >= 0.6 is 0 Å². The predicted molar refractivity (Wildman–Crippen MR) is 82.0 cm³/mol. The van der Waals surface area contributed by atoms with Crippen molar-refractivity contribution in [2.45, 2.75) is 19.4 Å². The first-order valence-corrected chi connectivity index (χ1v) is 7.02. The molecule has 1 aliphatic rings. The van der Waals surface area contributed by atoms with Gasteiger partial charge in [-0.25, -0.2) is 0 Å². The molecule has 0 fully saturated rings. The van der Waals surface area contributed by atoms with Gasteiger partial charge in [0.2, 0.25) is 0 Å². The zero-order valence-corrected chi connectivity index (χ0v) is 12.3. The first-order valence-electron chi connectivity index (χ1n) is 7.02. The second kappa shape index (κ2) is 4.91. The lowest BCUT2D eigenvalue weighted by molar-refractivity contribution is 0.0845. The van der Waals surface area contributed by atoms with E-state index in [0.717, 1.165) is 29.6 Å². The zero-order chi connectivity index (χ0) is 14.3. The van der Waals surface area contributed by atoms with Gasteiger partial charge in [-0.15, -0.1) is 0 Å². The van der Waals surface area contributed by atoms with Crippen LogP contribution < -0.4 is 0 Å². The topological polar surface area (TPSA) is 25.2 Å². The van der Waals surface area contributed by atoms with E-state index in [1.165, 1.54) is 5.57 Å². The molecule has 20 heavy (non-hydrogen) atoms. The van der Waals surface area contributed by atoms with E-state index >= 15 is 0 Å². The summed E-state index contributed by atoms with van der Waals surface area (Å²) in [5.74, 6) is 0.221. The van der Waals surface area contributed by atoms with Crippen molar-refractivity contribution in [1.29, 1.82) is 0 Å². The third-order valence-corrected chi connectivity index (χ3v) is 4.28. The monoisotopic (exact) mass is 268 g/mol. The van der Waals surface area contributed by atoms with Gasteiger partial charge in [-0.2, -0.15) is 0 Å². The summed E-state index contributed by atoms with van der Waals surface area (Å²) in [6, 6.07) is 10.1. The SMILES string of the molecule is CC1=CCN(C)C(C(=O)c2cc3ccccc3n2C)C1. The van der Waals surface area contributed by atoms with Gasteiger partial charge in [0.1, 0.15) is 0 Å². The van der Waals surface area contributed by atoms with Gasteiger partial charge >= 0.3 is 0 Å². The standard InChI is InChI=1S/C17H20N2O/c1-12-8-9-18(2)15(10-12)17(20)16-11-13-6-4-5-7-14(13)19(16)3/h4-8,11,15H,9-10H2,1-3H3. The number of likely N-dealkylation sites (N-methyl/N-ethyl adjacent to an activating group) is 1. The maximum absolute atomic E-state index is 12.9. The van der Waals surface area contributed by atoms with E-state index in [9.17, 15) is 4.79 Å². The van der Waals surface area contributed by atoms with Crippen LogP contribution in [0.2, 0.25) is 0 Å². The fourth-order valence-electron chi connectivity index (χ4n) is 2.96. The summed E-state index contributed by atoms with van der Waals surface area (Å²) >= 11 is 0. The van der Waals surface area contributed by atoms with Crippen LogP contribution in [0.1, 0.15) is 23.8 Å². The van der Waals surface area contributed by atoms with Crippen molar-refractivity contribution in [1.82, 2.24) is 9.47 Å². The second-order valence-electron chi connectivity index (χ2n) is 5.72. The third-order valence-electron chi connectivity index (χ3n) is 4.28. The van der Waals surface area contributed by atoms with Gasteiger partial charge < -0.3 is 4.57 Å². The molecule has 3 nitrogen and oxygen atoms in total. The zero-order valence-electron chi connectivity index (χ0n) is 12.3. The Hall–Kier alpha value is -1.87. The van der Waals surface area contributed by atoms with Crippen molar-refractivity contribution < 1.29 is 4.79 Å². The van der Waals surface area contributed by atoms with Crippen molar-refractivity contribution in [3.05, 3.63) is 47.7 Å². The van der Waals surface area contributed by atoms with Crippen molar-refractivity contribution in [3.8, 4) is 0 Å². The Morgan fingerprint density at radius 2 is 2.00 bits per heavy atom. The molecule has 1 atom stereocenters. The molecule has 0 aliphatic carbocycles. The summed E-state index contributed by atoms with van der Waals surface area (Å²) < 4.78 is 2.01. The molecule has 3 heteroatoms. The Balaban J connectivity index is 2.00. The highest BCUT2D eigenvalue weighted by atomic mass is 16.1. The van der Waals surface area contributed by atoms with Crippen LogP contribution in [0.5, 0.6) is 0 Å². The quantitative estimate of drug-likeness (QED) is 0.618. The maximum Gasteiger partial charge on any atom is 0.196 e. The molecular formula is C17H20N2O. The van der Waals surface area contributed by atoms with Crippen LogP contribution in [-0.4, -0.2) is 34.9 Å². The van der Waals surface area contributed by atoms with Crippen LogP contribution in [0.4, 0.5) is 0 Å². The minimum atomic E-state index is -0.0389. The highest BCUT2D eigenvalue weighted by Gasteiger charge is 2.28. The summed E-state index contributed by atoms with van der Waals surface area (Å²) in [4.78, 5) is 15.0. The molecule has 0 saturated heterocycles. The van der Waals surface area contributed by atoms with Gasteiger partial charge in [-0.3, -0.25) is 9.69 Å². The Morgan fingerprint density at radius 1 is 1.25 bits per heavy atom. The van der Waals surface area contributed by atoms with E-state index in [-0.39, 0.29) is 11.8 Å². The number of ketones is 1. The molecule has 104 valence electrons. The van der Waals surface area contributed by atoms with Gasteiger partial charge in [-0.1, -0.05) is 29.8 Å². The number of carbonyl (C=O) groups is 1. The van der Waals surface area contributed by atoms with Crippen LogP contribution in [-0.2, 0) is 7.05 Å². The average Bonchev–Trinajstić information content (AvgIpc) is 2.79. The molecule has 1 aliphatic heterocycles. The number of rotatable bonds is 2. The van der Waals surface area contributed by atoms with Crippen LogP contribution in [0.25, 0.3) is 10.9 Å². The van der Waals surface area contributed by atoms with Crippen LogP contribution in [0.3, 0.4) is 0 Å². The molecule has 1 aromatic heterocycles. The number of fused-ring (bicyclic) bond motifs is 1. The first kappa shape index (κ1) is 13.1. The minimum Gasteiger partial charge on any atom is -0.341 e. The molecule has 0 spiro atoms. The van der Waals surface area contributed by atoms with Crippen LogP contribution in [0, 0.1) is 0 Å². The fraction of sp³-hybridized carbons (Fsp3) is 0.353. The summed E-state index contributed by atoms with van der Waals surface area (Å²) in [6.45, 7) is 2.96. The molecule has 2 aromatic rings. The number of nitrogens with zero attached hydrogens (tertiary/aromatic N) is 2. The molecule has 2 heterocycles. The Bertz CT molecular complexity index is 696. The van der Waals surface area contributed by atoms with Crippen molar-refractivity contribution in [2.24, 2.45) is 7.05 Å². The number of carbonyl (C=O) groups excluding carboxylic acids is 1. The molecule has 1 unspecified atom stereocenters. The molecule has 0 amide bonds. The maximum atomic E-state index is 12.9. The van der Waals surface area contributed by atoms with Crippen LogP contribution in [0.15, 0.2) is 42.0 Å². The lowest BCUT2D eigenvalue weighted by atomic mass is 9.96. The Morgan fingerprint density at radius 3 is 2.75 bits per heavy atom. The Labute approximate surface area is 119 Å². The number of hydrogen-bond acceptors (Lipinski definition) is 2. The predicted octanol–water partition coefficient (Wildman–Crippen LogP) is 3.01.